The summed E-state index contributed by atoms with van der Waals surface area (Å²) >= 11 is 0. The molecule has 0 radical (unpaired) electrons. The first-order chi connectivity index (χ1) is 16.8. The van der Waals surface area contributed by atoms with Gasteiger partial charge in [0, 0.05) is 27.2 Å². The van der Waals surface area contributed by atoms with Crippen molar-refractivity contribution >= 4 is 49.4 Å². The van der Waals surface area contributed by atoms with E-state index in [-0.39, 0.29) is 0 Å². The number of para-hydroxylation sites is 2. The Bertz CT molecular complexity index is 1920. The molecule has 0 amide bonds. The Morgan fingerprint density at radius 2 is 1.21 bits per heavy atom. The molecule has 2 aromatic heterocycles. The maximum absolute atomic E-state index is 7.36. The Morgan fingerprint density at radius 3 is 2.03 bits per heavy atom. The van der Waals surface area contributed by atoms with E-state index >= 15 is 0 Å². The predicted molar refractivity (Wildman–Crippen MR) is 140 cm³/mol. The van der Waals surface area contributed by atoms with Crippen molar-refractivity contribution in [3.05, 3.63) is 121 Å². The van der Waals surface area contributed by atoms with Crippen molar-refractivity contribution in [1.29, 1.82) is 0 Å². The first-order valence-corrected chi connectivity index (χ1v) is 11.2. The highest BCUT2D eigenvalue weighted by Crippen LogP contribution is 2.37. The molecule has 0 saturated carbocycles. The van der Waals surface area contributed by atoms with E-state index in [1.54, 1.807) is 6.07 Å². The molecule has 7 rings (SSSR count). The highest BCUT2D eigenvalue weighted by molar-refractivity contribution is 6.11. The number of rotatable bonds is 2. The Kier molecular flexibility index (Phi) is 3.91. The average molecular weight is 434 g/mol. The van der Waals surface area contributed by atoms with Crippen molar-refractivity contribution < 1.29 is 4.42 Å². The van der Waals surface area contributed by atoms with Crippen LogP contribution in [-0.4, -0.2) is 4.57 Å². The summed E-state index contributed by atoms with van der Waals surface area (Å²) in [6.45, 7) is 7.36. The lowest BCUT2D eigenvalue weighted by molar-refractivity contribution is 0.669. The Morgan fingerprint density at radius 1 is 0.559 bits per heavy atom. The van der Waals surface area contributed by atoms with E-state index in [1.807, 2.05) is 24.3 Å². The van der Waals surface area contributed by atoms with Crippen molar-refractivity contribution in [3.63, 3.8) is 0 Å². The van der Waals surface area contributed by atoms with Crippen LogP contribution < -0.4 is 0 Å². The van der Waals surface area contributed by atoms with Gasteiger partial charge < -0.3 is 8.98 Å². The number of fused-ring (bicyclic) bond motifs is 6. The molecular formula is C31H18N2O. The Balaban J connectivity index is 1.47. The number of furan rings is 1. The molecule has 0 spiro atoms. The monoisotopic (exact) mass is 434 g/mol. The quantitative estimate of drug-likeness (QED) is 0.249. The fourth-order valence-electron chi connectivity index (χ4n) is 5.02. The molecule has 3 heteroatoms. The van der Waals surface area contributed by atoms with Gasteiger partial charge in [-0.05, 0) is 65.7 Å². The van der Waals surface area contributed by atoms with E-state index < -0.39 is 0 Å². The van der Waals surface area contributed by atoms with Gasteiger partial charge in [-0.1, -0.05) is 54.6 Å². The number of benzene rings is 5. The van der Waals surface area contributed by atoms with Crippen molar-refractivity contribution in [2.75, 3.05) is 0 Å². The second-order valence-corrected chi connectivity index (χ2v) is 8.53. The third kappa shape index (κ3) is 2.69. The van der Waals surface area contributed by atoms with E-state index in [1.165, 1.54) is 21.8 Å². The van der Waals surface area contributed by atoms with Gasteiger partial charge in [0.25, 0.3) is 0 Å². The van der Waals surface area contributed by atoms with Gasteiger partial charge in [-0.25, -0.2) is 4.85 Å². The highest BCUT2D eigenvalue weighted by Gasteiger charge is 2.14. The lowest BCUT2D eigenvalue weighted by atomic mass is 10.0. The van der Waals surface area contributed by atoms with Gasteiger partial charge in [0.1, 0.15) is 11.2 Å². The average Bonchev–Trinajstić information content (AvgIpc) is 3.43. The van der Waals surface area contributed by atoms with Gasteiger partial charge in [0.2, 0.25) is 0 Å². The van der Waals surface area contributed by atoms with Gasteiger partial charge in [-0.15, -0.1) is 0 Å². The molecule has 5 aromatic carbocycles. The van der Waals surface area contributed by atoms with Crippen molar-refractivity contribution in [1.82, 2.24) is 4.57 Å². The third-order valence-electron chi connectivity index (χ3n) is 6.60. The van der Waals surface area contributed by atoms with Crippen LogP contribution >= 0.6 is 0 Å². The lowest BCUT2D eigenvalue weighted by Crippen LogP contribution is -1.92. The molecule has 34 heavy (non-hydrogen) atoms. The molecular weight excluding hydrogens is 416 g/mol. The minimum absolute atomic E-state index is 0.621. The minimum Gasteiger partial charge on any atom is -0.456 e. The molecule has 0 bridgehead atoms. The van der Waals surface area contributed by atoms with Crippen LogP contribution in [0.5, 0.6) is 0 Å². The summed E-state index contributed by atoms with van der Waals surface area (Å²) < 4.78 is 8.34. The molecule has 2 heterocycles. The van der Waals surface area contributed by atoms with Crippen molar-refractivity contribution in [2.24, 2.45) is 0 Å². The summed E-state index contributed by atoms with van der Waals surface area (Å²) in [5.74, 6) is 0. The normalized spacial score (nSPS) is 11.5. The predicted octanol–water partition coefficient (Wildman–Crippen LogP) is 8.90. The zero-order valence-corrected chi connectivity index (χ0v) is 18.2. The van der Waals surface area contributed by atoms with Gasteiger partial charge in [-0.2, -0.15) is 0 Å². The minimum atomic E-state index is 0.621. The van der Waals surface area contributed by atoms with E-state index in [2.05, 4.69) is 88.3 Å². The van der Waals surface area contributed by atoms with Gasteiger partial charge in [-0.3, -0.25) is 0 Å². The van der Waals surface area contributed by atoms with E-state index in [0.29, 0.717) is 5.69 Å². The standard InChI is InChI=1S/C31H18N2O/c1-32-22-13-16-31-27(19-22)26-18-21(12-15-30(26)34-31)20-11-14-29-25(17-20)24-9-5-6-10-28(24)33(29)23-7-3-2-4-8-23/h2-19H. The third-order valence-corrected chi connectivity index (χ3v) is 6.60. The van der Waals surface area contributed by atoms with E-state index in [4.69, 9.17) is 11.0 Å². The summed E-state index contributed by atoms with van der Waals surface area (Å²) in [6.07, 6.45) is 0. The second kappa shape index (κ2) is 7.10. The molecule has 7 aromatic rings. The molecule has 0 atom stereocenters. The first kappa shape index (κ1) is 18.7. The number of hydrogen-bond donors (Lipinski definition) is 0. The van der Waals surface area contributed by atoms with Gasteiger partial charge >= 0.3 is 0 Å². The lowest BCUT2D eigenvalue weighted by Gasteiger charge is -2.08. The van der Waals surface area contributed by atoms with Crippen LogP contribution in [0.25, 0.3) is 65.4 Å². The van der Waals surface area contributed by atoms with Crippen LogP contribution in [0.15, 0.2) is 114 Å². The van der Waals surface area contributed by atoms with Gasteiger partial charge in [0.05, 0.1) is 17.6 Å². The number of hydrogen-bond acceptors (Lipinski definition) is 1. The summed E-state index contributed by atoms with van der Waals surface area (Å²) in [7, 11) is 0. The molecule has 0 unspecified atom stereocenters. The van der Waals surface area contributed by atoms with Crippen LogP contribution in [0.4, 0.5) is 5.69 Å². The van der Waals surface area contributed by atoms with E-state index in [9.17, 15) is 0 Å². The maximum atomic E-state index is 7.36. The van der Waals surface area contributed by atoms with Gasteiger partial charge in [0.15, 0.2) is 5.69 Å². The first-order valence-electron chi connectivity index (χ1n) is 11.2. The van der Waals surface area contributed by atoms with Crippen LogP contribution in [0.1, 0.15) is 0 Å². The topological polar surface area (TPSA) is 22.4 Å². The number of aromatic nitrogens is 1. The van der Waals surface area contributed by atoms with Crippen LogP contribution in [0.3, 0.4) is 0 Å². The number of nitrogens with zero attached hydrogens (tertiary/aromatic N) is 2. The Labute approximate surface area is 195 Å². The second-order valence-electron chi connectivity index (χ2n) is 8.53. The van der Waals surface area contributed by atoms with Crippen LogP contribution in [0, 0.1) is 6.57 Å². The summed E-state index contributed by atoms with van der Waals surface area (Å²) in [5, 5.41) is 4.47. The molecule has 0 fully saturated rings. The maximum Gasteiger partial charge on any atom is 0.188 e. The zero-order valence-electron chi connectivity index (χ0n) is 18.2. The van der Waals surface area contributed by atoms with Crippen LogP contribution in [0.2, 0.25) is 0 Å². The SMILES string of the molecule is [C-]#[N+]c1ccc2oc3ccc(-c4ccc5c(c4)c4ccccc4n5-c4ccccc4)cc3c2c1. The summed E-state index contributed by atoms with van der Waals surface area (Å²) in [4.78, 5) is 3.58. The Hall–Kier alpha value is -4.81. The van der Waals surface area contributed by atoms with Crippen molar-refractivity contribution in [3.8, 4) is 16.8 Å². The zero-order chi connectivity index (χ0) is 22.6. The summed E-state index contributed by atoms with van der Waals surface area (Å²) in [5.41, 5.74) is 8.09. The molecule has 3 nitrogen and oxygen atoms in total. The molecule has 0 saturated heterocycles. The molecule has 158 valence electrons. The van der Waals surface area contributed by atoms with Crippen LogP contribution in [-0.2, 0) is 0 Å². The smallest absolute Gasteiger partial charge is 0.188 e. The molecule has 0 aliphatic carbocycles. The molecule has 0 N–H and O–H groups in total. The largest absolute Gasteiger partial charge is 0.456 e. The fourth-order valence-corrected chi connectivity index (χ4v) is 5.02. The van der Waals surface area contributed by atoms with Crippen molar-refractivity contribution in [2.45, 2.75) is 0 Å². The fraction of sp³-hybridized carbons (Fsp3) is 0. The molecule has 0 aliphatic rings. The van der Waals surface area contributed by atoms with E-state index in [0.717, 1.165) is 38.8 Å². The summed E-state index contributed by atoms with van der Waals surface area (Å²) in [6, 6.07) is 37.7. The molecule has 0 aliphatic heterocycles. The highest BCUT2D eigenvalue weighted by atomic mass is 16.3.